The summed E-state index contributed by atoms with van der Waals surface area (Å²) in [6.45, 7) is 0. The van der Waals surface area contributed by atoms with E-state index >= 15 is 0 Å². The van der Waals surface area contributed by atoms with Gasteiger partial charge in [-0.1, -0.05) is 91.0 Å². The summed E-state index contributed by atoms with van der Waals surface area (Å²) in [7, 11) is 0. The van der Waals surface area contributed by atoms with Gasteiger partial charge in [-0.3, -0.25) is 0 Å². The summed E-state index contributed by atoms with van der Waals surface area (Å²) in [6, 6.07) is 40.5. The van der Waals surface area contributed by atoms with Gasteiger partial charge in [-0.2, -0.15) is 0 Å². The average molecular weight is 402 g/mol. The summed E-state index contributed by atoms with van der Waals surface area (Å²) in [5.74, 6) is 0. The van der Waals surface area contributed by atoms with E-state index in [1.807, 2.05) is 0 Å². The monoisotopic (exact) mass is 402 g/mol. The Bertz CT molecular complexity index is 2010. The molecule has 0 nitrogen and oxygen atoms in total. The van der Waals surface area contributed by atoms with Crippen LogP contribution in [0.4, 0.5) is 0 Å². The molecule has 8 rings (SSSR count). The van der Waals surface area contributed by atoms with E-state index in [2.05, 4.69) is 109 Å². The van der Waals surface area contributed by atoms with E-state index < -0.39 is 0 Å². The van der Waals surface area contributed by atoms with Crippen LogP contribution in [0.15, 0.2) is 109 Å². The molecule has 8 aromatic carbocycles. The minimum Gasteiger partial charge on any atom is -0.0616 e. The van der Waals surface area contributed by atoms with Crippen LogP contribution in [0.25, 0.3) is 75.4 Å². The summed E-state index contributed by atoms with van der Waals surface area (Å²) in [5.41, 5.74) is 0. The smallest absolute Gasteiger partial charge is 0.00134 e. The second-order valence-corrected chi connectivity index (χ2v) is 8.91. The molecule has 0 fully saturated rings. The highest BCUT2D eigenvalue weighted by molar-refractivity contribution is 6.41. The van der Waals surface area contributed by atoms with E-state index in [1.54, 1.807) is 0 Å². The number of hydrogen-bond donors (Lipinski definition) is 0. The van der Waals surface area contributed by atoms with Crippen molar-refractivity contribution in [1.29, 1.82) is 0 Å². The first-order valence-corrected chi connectivity index (χ1v) is 11.2. The quantitative estimate of drug-likeness (QED) is 0.175. The first-order valence-electron chi connectivity index (χ1n) is 11.2. The lowest BCUT2D eigenvalue weighted by Crippen LogP contribution is -1.90. The molecular formula is C32H18. The summed E-state index contributed by atoms with van der Waals surface area (Å²) in [4.78, 5) is 0. The molecule has 0 unspecified atom stereocenters. The molecule has 8 aromatic rings. The van der Waals surface area contributed by atoms with Crippen molar-refractivity contribution in [2.75, 3.05) is 0 Å². The zero-order chi connectivity index (χ0) is 20.8. The van der Waals surface area contributed by atoms with Crippen LogP contribution in [-0.2, 0) is 0 Å². The molecule has 0 spiro atoms. The number of fused-ring (bicyclic) bond motifs is 8. The van der Waals surface area contributed by atoms with Gasteiger partial charge < -0.3 is 0 Å². The van der Waals surface area contributed by atoms with Crippen molar-refractivity contribution in [1.82, 2.24) is 0 Å². The van der Waals surface area contributed by atoms with Gasteiger partial charge >= 0.3 is 0 Å². The van der Waals surface area contributed by atoms with Crippen LogP contribution in [-0.4, -0.2) is 0 Å². The standard InChI is InChI=1S/C32H18/c1-4-11-22-19(8-1)16-28-29-18-21-10-3-6-13-24(21)31-23-12-5-2-9-20(23)17-27(32(29)31)26-15-7-14-25(22)30(26)28/h1-18H. The number of hydrogen-bond acceptors (Lipinski definition) is 0. The third kappa shape index (κ3) is 1.93. The van der Waals surface area contributed by atoms with E-state index in [9.17, 15) is 0 Å². The second kappa shape index (κ2) is 5.75. The van der Waals surface area contributed by atoms with Crippen molar-refractivity contribution < 1.29 is 0 Å². The van der Waals surface area contributed by atoms with E-state index in [0.29, 0.717) is 0 Å². The van der Waals surface area contributed by atoms with Gasteiger partial charge in [0.25, 0.3) is 0 Å². The van der Waals surface area contributed by atoms with Crippen LogP contribution in [0.3, 0.4) is 0 Å². The SMILES string of the molecule is c1ccc2c(c1)cc1c3cc4ccccc4c4c5ccccc5cc(c5cccc2c51)c34. The maximum atomic E-state index is 2.41. The fourth-order valence-corrected chi connectivity index (χ4v) is 6.01. The first kappa shape index (κ1) is 16.5. The maximum absolute atomic E-state index is 2.41. The molecule has 0 N–H and O–H groups in total. The normalized spacial score (nSPS) is 12.4. The van der Waals surface area contributed by atoms with Crippen LogP contribution < -0.4 is 0 Å². The van der Waals surface area contributed by atoms with Gasteiger partial charge in [0.1, 0.15) is 0 Å². The molecule has 0 saturated carbocycles. The Balaban J connectivity index is 1.83. The zero-order valence-corrected chi connectivity index (χ0v) is 17.4. The van der Waals surface area contributed by atoms with Gasteiger partial charge in [-0.05, 0) is 93.6 Å². The number of benzene rings is 8. The summed E-state index contributed by atoms with van der Waals surface area (Å²) >= 11 is 0. The van der Waals surface area contributed by atoms with Crippen LogP contribution >= 0.6 is 0 Å². The Kier molecular flexibility index (Phi) is 2.97. The molecule has 0 aliphatic heterocycles. The van der Waals surface area contributed by atoms with Gasteiger partial charge in [-0.25, -0.2) is 0 Å². The molecule has 146 valence electrons. The lowest BCUT2D eigenvalue weighted by molar-refractivity contribution is 1.79. The molecule has 0 heterocycles. The van der Waals surface area contributed by atoms with Crippen molar-refractivity contribution in [2.45, 2.75) is 0 Å². The van der Waals surface area contributed by atoms with Crippen LogP contribution in [0, 0.1) is 0 Å². The molecule has 0 aromatic heterocycles. The van der Waals surface area contributed by atoms with Crippen LogP contribution in [0.5, 0.6) is 0 Å². The first-order chi connectivity index (χ1) is 15.9. The van der Waals surface area contributed by atoms with E-state index in [1.165, 1.54) is 75.4 Å². The van der Waals surface area contributed by atoms with Gasteiger partial charge in [0.15, 0.2) is 0 Å². The van der Waals surface area contributed by atoms with Gasteiger partial charge in [0.2, 0.25) is 0 Å². The third-order valence-corrected chi connectivity index (χ3v) is 7.31. The van der Waals surface area contributed by atoms with E-state index in [-0.39, 0.29) is 0 Å². The highest BCUT2D eigenvalue weighted by atomic mass is 14.2. The molecule has 0 heteroatoms. The molecule has 0 amide bonds. The van der Waals surface area contributed by atoms with Crippen molar-refractivity contribution in [3.63, 3.8) is 0 Å². The second-order valence-electron chi connectivity index (χ2n) is 8.91. The molecule has 32 heavy (non-hydrogen) atoms. The minimum atomic E-state index is 1.30. The summed E-state index contributed by atoms with van der Waals surface area (Å²) in [5, 5.41) is 18.8. The Morgan fingerprint density at radius 1 is 0.250 bits per heavy atom. The molecule has 0 atom stereocenters. The Morgan fingerprint density at radius 2 is 0.625 bits per heavy atom. The largest absolute Gasteiger partial charge is 0.0616 e. The molecule has 0 bridgehead atoms. The Morgan fingerprint density at radius 3 is 1.25 bits per heavy atom. The predicted octanol–water partition coefficient (Wildman–Crippen LogP) is 9.20. The van der Waals surface area contributed by atoms with Crippen molar-refractivity contribution >= 4 is 75.4 Å². The lowest BCUT2D eigenvalue weighted by Gasteiger charge is -2.19. The zero-order valence-electron chi connectivity index (χ0n) is 17.4. The number of rotatable bonds is 0. The van der Waals surface area contributed by atoms with Crippen LogP contribution in [0.2, 0.25) is 0 Å². The average Bonchev–Trinajstić information content (AvgIpc) is 2.86. The van der Waals surface area contributed by atoms with Crippen molar-refractivity contribution in [3.8, 4) is 0 Å². The van der Waals surface area contributed by atoms with E-state index in [4.69, 9.17) is 0 Å². The predicted molar refractivity (Wildman–Crippen MR) is 140 cm³/mol. The van der Waals surface area contributed by atoms with Gasteiger partial charge in [-0.15, -0.1) is 0 Å². The van der Waals surface area contributed by atoms with E-state index in [0.717, 1.165) is 0 Å². The molecular weight excluding hydrogens is 384 g/mol. The topological polar surface area (TPSA) is 0 Å². The molecule has 0 radical (unpaired) electrons. The Labute approximate surface area is 184 Å². The highest BCUT2D eigenvalue weighted by Gasteiger charge is 2.18. The van der Waals surface area contributed by atoms with Crippen LogP contribution in [0.1, 0.15) is 0 Å². The lowest BCUT2D eigenvalue weighted by atomic mass is 9.84. The molecule has 0 saturated heterocycles. The highest BCUT2D eigenvalue weighted by Crippen LogP contribution is 2.46. The van der Waals surface area contributed by atoms with Crippen molar-refractivity contribution in [2.24, 2.45) is 0 Å². The summed E-state index contributed by atoms with van der Waals surface area (Å²) < 4.78 is 0. The van der Waals surface area contributed by atoms with Gasteiger partial charge in [0.05, 0.1) is 0 Å². The minimum absolute atomic E-state index is 1.30. The van der Waals surface area contributed by atoms with Gasteiger partial charge in [0, 0.05) is 0 Å². The molecule has 0 aliphatic carbocycles. The maximum Gasteiger partial charge on any atom is -0.00134 e. The molecule has 0 aliphatic rings. The third-order valence-electron chi connectivity index (χ3n) is 7.31. The fourth-order valence-electron chi connectivity index (χ4n) is 6.01. The summed E-state index contributed by atoms with van der Waals surface area (Å²) in [6.07, 6.45) is 0. The Hall–Kier alpha value is -4.16. The fraction of sp³-hybridized carbons (Fsp3) is 0. The van der Waals surface area contributed by atoms with Crippen molar-refractivity contribution in [3.05, 3.63) is 109 Å².